The Morgan fingerprint density at radius 1 is 1.06 bits per heavy atom. The fourth-order valence-electron chi connectivity index (χ4n) is 1.55. The lowest BCUT2D eigenvalue weighted by atomic mass is 10.1. The molecule has 2 aromatic rings. The van der Waals surface area contributed by atoms with Gasteiger partial charge in [0.1, 0.15) is 11.6 Å². The van der Waals surface area contributed by atoms with Crippen LogP contribution in [-0.2, 0) is 6.61 Å². The van der Waals surface area contributed by atoms with Crippen molar-refractivity contribution in [2.45, 2.75) is 20.5 Å². The summed E-state index contributed by atoms with van der Waals surface area (Å²) in [6.07, 6.45) is 0. The van der Waals surface area contributed by atoms with Crippen LogP contribution in [0, 0.1) is 13.8 Å². The topological polar surface area (TPSA) is 58.9 Å². The van der Waals surface area contributed by atoms with Crippen molar-refractivity contribution in [2.24, 2.45) is 0 Å². The largest absolute Gasteiger partial charge is 0.392 e. The summed E-state index contributed by atoms with van der Waals surface area (Å²) in [5, 5.41) is 9.06. The SMILES string of the molecule is Cc1nc(C)nc(-c2cccc(CO)c2)n1. The van der Waals surface area contributed by atoms with E-state index in [1.165, 1.54) is 0 Å². The molecule has 82 valence electrons. The van der Waals surface area contributed by atoms with Crippen molar-refractivity contribution in [3.8, 4) is 11.4 Å². The van der Waals surface area contributed by atoms with Crippen LogP contribution in [-0.4, -0.2) is 20.1 Å². The molecular weight excluding hydrogens is 202 g/mol. The second-order valence-electron chi connectivity index (χ2n) is 3.61. The molecule has 1 aromatic carbocycles. The van der Waals surface area contributed by atoms with Gasteiger partial charge < -0.3 is 5.11 Å². The van der Waals surface area contributed by atoms with Gasteiger partial charge in [0.2, 0.25) is 0 Å². The highest BCUT2D eigenvalue weighted by atomic mass is 16.3. The summed E-state index contributed by atoms with van der Waals surface area (Å²) < 4.78 is 0. The number of hydrogen-bond donors (Lipinski definition) is 1. The lowest BCUT2D eigenvalue weighted by Crippen LogP contribution is -1.99. The maximum atomic E-state index is 9.06. The van der Waals surface area contributed by atoms with Crippen molar-refractivity contribution >= 4 is 0 Å². The summed E-state index contributed by atoms with van der Waals surface area (Å²) in [5.74, 6) is 2.06. The van der Waals surface area contributed by atoms with E-state index in [-0.39, 0.29) is 6.61 Å². The number of hydrogen-bond acceptors (Lipinski definition) is 4. The van der Waals surface area contributed by atoms with E-state index in [2.05, 4.69) is 15.0 Å². The first kappa shape index (κ1) is 10.7. The van der Waals surface area contributed by atoms with Crippen molar-refractivity contribution in [3.63, 3.8) is 0 Å². The molecule has 0 atom stereocenters. The van der Waals surface area contributed by atoms with Crippen LogP contribution in [0.4, 0.5) is 0 Å². The number of aromatic nitrogens is 3. The van der Waals surface area contributed by atoms with Crippen LogP contribution >= 0.6 is 0 Å². The van der Waals surface area contributed by atoms with Gasteiger partial charge >= 0.3 is 0 Å². The fourth-order valence-corrected chi connectivity index (χ4v) is 1.55. The van der Waals surface area contributed by atoms with E-state index in [0.29, 0.717) is 17.5 Å². The number of aliphatic hydroxyl groups is 1. The molecule has 1 N–H and O–H groups in total. The molecule has 1 heterocycles. The molecule has 0 aliphatic rings. The normalized spacial score (nSPS) is 10.4. The number of rotatable bonds is 2. The van der Waals surface area contributed by atoms with E-state index in [4.69, 9.17) is 5.11 Å². The van der Waals surface area contributed by atoms with E-state index in [0.717, 1.165) is 11.1 Å². The monoisotopic (exact) mass is 215 g/mol. The van der Waals surface area contributed by atoms with E-state index in [1.807, 2.05) is 38.1 Å². The summed E-state index contributed by atoms with van der Waals surface area (Å²) >= 11 is 0. The highest BCUT2D eigenvalue weighted by Crippen LogP contribution is 2.16. The third-order valence-electron chi connectivity index (χ3n) is 2.23. The Morgan fingerprint density at radius 3 is 2.38 bits per heavy atom. The van der Waals surface area contributed by atoms with Gasteiger partial charge in [0.15, 0.2) is 5.82 Å². The van der Waals surface area contributed by atoms with Gasteiger partial charge in [0.25, 0.3) is 0 Å². The van der Waals surface area contributed by atoms with E-state index < -0.39 is 0 Å². The first-order valence-corrected chi connectivity index (χ1v) is 5.08. The Labute approximate surface area is 94.0 Å². The fraction of sp³-hybridized carbons (Fsp3) is 0.250. The lowest BCUT2D eigenvalue weighted by Gasteiger charge is -2.04. The minimum absolute atomic E-state index is 0.0247. The van der Waals surface area contributed by atoms with Crippen LogP contribution in [0.3, 0.4) is 0 Å². The molecule has 0 fully saturated rings. The number of aliphatic hydroxyl groups excluding tert-OH is 1. The highest BCUT2D eigenvalue weighted by molar-refractivity contribution is 5.55. The smallest absolute Gasteiger partial charge is 0.163 e. The van der Waals surface area contributed by atoms with Gasteiger partial charge in [-0.2, -0.15) is 0 Å². The Hall–Kier alpha value is -1.81. The van der Waals surface area contributed by atoms with Crippen molar-refractivity contribution < 1.29 is 5.11 Å². The van der Waals surface area contributed by atoms with Crippen LogP contribution in [0.5, 0.6) is 0 Å². The predicted octanol–water partition coefficient (Wildman–Crippen LogP) is 1.65. The standard InChI is InChI=1S/C12H13N3O/c1-8-13-9(2)15-12(14-8)11-5-3-4-10(6-11)7-16/h3-6,16H,7H2,1-2H3. The Balaban J connectivity index is 2.49. The van der Waals surface area contributed by atoms with E-state index in [9.17, 15) is 0 Å². The van der Waals surface area contributed by atoms with Crippen molar-refractivity contribution in [1.29, 1.82) is 0 Å². The summed E-state index contributed by atoms with van der Waals surface area (Å²) in [6, 6.07) is 7.56. The zero-order valence-corrected chi connectivity index (χ0v) is 9.31. The van der Waals surface area contributed by atoms with Gasteiger partial charge in [-0.05, 0) is 25.5 Å². The zero-order chi connectivity index (χ0) is 11.5. The molecule has 0 aliphatic heterocycles. The molecule has 0 radical (unpaired) electrons. The number of nitrogens with zero attached hydrogens (tertiary/aromatic N) is 3. The molecule has 1 aromatic heterocycles. The second kappa shape index (κ2) is 4.37. The van der Waals surface area contributed by atoms with Crippen molar-refractivity contribution in [3.05, 3.63) is 41.5 Å². The van der Waals surface area contributed by atoms with Crippen molar-refractivity contribution in [2.75, 3.05) is 0 Å². The maximum Gasteiger partial charge on any atom is 0.163 e. The van der Waals surface area contributed by atoms with Crippen LogP contribution in [0.15, 0.2) is 24.3 Å². The van der Waals surface area contributed by atoms with Gasteiger partial charge in [-0.15, -0.1) is 0 Å². The summed E-state index contributed by atoms with van der Waals surface area (Å²) in [6.45, 7) is 3.71. The minimum Gasteiger partial charge on any atom is -0.392 e. The van der Waals surface area contributed by atoms with Crippen molar-refractivity contribution in [1.82, 2.24) is 15.0 Å². The molecule has 0 saturated heterocycles. The van der Waals surface area contributed by atoms with E-state index in [1.54, 1.807) is 0 Å². The lowest BCUT2D eigenvalue weighted by molar-refractivity contribution is 0.282. The average Bonchev–Trinajstić information content (AvgIpc) is 2.28. The first-order valence-electron chi connectivity index (χ1n) is 5.08. The van der Waals surface area contributed by atoms with Crippen LogP contribution in [0.2, 0.25) is 0 Å². The number of benzene rings is 1. The summed E-state index contributed by atoms with van der Waals surface area (Å²) in [5.41, 5.74) is 1.76. The Bertz CT molecular complexity index is 491. The molecule has 4 nitrogen and oxygen atoms in total. The molecule has 0 aliphatic carbocycles. The summed E-state index contributed by atoms with van der Waals surface area (Å²) in [4.78, 5) is 12.7. The molecule has 0 unspecified atom stereocenters. The molecular formula is C12H13N3O. The molecule has 4 heteroatoms. The van der Waals surface area contributed by atoms with Gasteiger partial charge in [-0.25, -0.2) is 15.0 Å². The molecule has 0 amide bonds. The minimum atomic E-state index is 0.0247. The third kappa shape index (κ3) is 2.23. The maximum absolute atomic E-state index is 9.06. The molecule has 2 rings (SSSR count). The summed E-state index contributed by atoms with van der Waals surface area (Å²) in [7, 11) is 0. The van der Waals surface area contributed by atoms with Crippen LogP contribution < -0.4 is 0 Å². The average molecular weight is 215 g/mol. The quantitative estimate of drug-likeness (QED) is 0.827. The van der Waals surface area contributed by atoms with Gasteiger partial charge in [0, 0.05) is 5.56 Å². The van der Waals surface area contributed by atoms with Gasteiger partial charge in [-0.1, -0.05) is 18.2 Å². The molecule has 16 heavy (non-hydrogen) atoms. The molecule has 0 saturated carbocycles. The Morgan fingerprint density at radius 2 is 1.75 bits per heavy atom. The van der Waals surface area contributed by atoms with Crippen LogP contribution in [0.25, 0.3) is 11.4 Å². The zero-order valence-electron chi connectivity index (χ0n) is 9.31. The Kier molecular flexibility index (Phi) is 2.92. The first-order chi connectivity index (χ1) is 7.69. The van der Waals surface area contributed by atoms with Gasteiger partial charge in [-0.3, -0.25) is 0 Å². The molecule has 0 bridgehead atoms. The highest BCUT2D eigenvalue weighted by Gasteiger charge is 2.04. The van der Waals surface area contributed by atoms with E-state index >= 15 is 0 Å². The van der Waals surface area contributed by atoms with Crippen LogP contribution in [0.1, 0.15) is 17.2 Å². The second-order valence-corrected chi connectivity index (χ2v) is 3.61. The van der Waals surface area contributed by atoms with Gasteiger partial charge in [0.05, 0.1) is 6.61 Å². The predicted molar refractivity (Wildman–Crippen MR) is 60.7 cm³/mol. The number of aryl methyl sites for hydroxylation is 2. The third-order valence-corrected chi connectivity index (χ3v) is 2.23. The molecule has 0 spiro atoms.